The van der Waals surface area contributed by atoms with E-state index in [0.717, 1.165) is 16.9 Å². The second-order valence-corrected chi connectivity index (χ2v) is 3.16. The first-order valence-electron chi connectivity index (χ1n) is 4.40. The Morgan fingerprint density at radius 1 is 1.57 bits per heavy atom. The van der Waals surface area contributed by atoms with Gasteiger partial charge in [0.1, 0.15) is 11.3 Å². The molecular weight excluding hydrogens is 174 g/mol. The zero-order chi connectivity index (χ0) is 10.1. The molecule has 2 N–H and O–H groups in total. The normalized spacial score (nSPS) is 10.4. The lowest BCUT2D eigenvalue weighted by molar-refractivity contribution is 1.01. The van der Waals surface area contributed by atoms with Gasteiger partial charge in [-0.2, -0.15) is 0 Å². The van der Waals surface area contributed by atoms with Gasteiger partial charge in [0, 0.05) is 12.7 Å². The van der Waals surface area contributed by atoms with Gasteiger partial charge in [0.25, 0.3) is 0 Å². The fourth-order valence-electron chi connectivity index (χ4n) is 1.46. The Kier molecular flexibility index (Phi) is 1.99. The van der Waals surface area contributed by atoms with Gasteiger partial charge in [-0.05, 0) is 24.5 Å². The molecule has 0 fully saturated rings. The average molecular weight is 185 g/mol. The number of aromatic nitrogens is 2. The number of terminal acetylenes is 1. The van der Waals surface area contributed by atoms with Gasteiger partial charge in [-0.3, -0.25) is 0 Å². The molecule has 3 nitrogen and oxygen atoms in total. The molecule has 2 aromatic rings. The topological polar surface area (TPSA) is 43.3 Å². The molecule has 2 heterocycles. The Labute approximate surface area is 82.6 Å². The summed E-state index contributed by atoms with van der Waals surface area (Å²) in [4.78, 5) is 4.29. The van der Waals surface area contributed by atoms with Crippen molar-refractivity contribution < 1.29 is 0 Å². The Morgan fingerprint density at radius 3 is 3.00 bits per heavy atom. The highest BCUT2D eigenvalue weighted by Gasteiger charge is 2.05. The van der Waals surface area contributed by atoms with Gasteiger partial charge in [0.2, 0.25) is 0 Å². The number of fused-ring (bicyclic) bond motifs is 1. The van der Waals surface area contributed by atoms with Crippen LogP contribution < -0.4 is 5.73 Å². The predicted molar refractivity (Wildman–Crippen MR) is 55.8 cm³/mol. The molecule has 0 aliphatic rings. The summed E-state index contributed by atoms with van der Waals surface area (Å²) in [5.74, 6) is 2.56. The van der Waals surface area contributed by atoms with Crippen LogP contribution in [0.4, 0.5) is 0 Å². The molecule has 0 spiro atoms. The van der Waals surface area contributed by atoms with Gasteiger partial charge < -0.3 is 10.1 Å². The minimum Gasteiger partial charge on any atom is -0.326 e. The number of nitrogens with zero attached hydrogens (tertiary/aromatic N) is 2. The summed E-state index contributed by atoms with van der Waals surface area (Å²) < 4.78 is 1.97. The molecule has 0 aromatic carbocycles. The van der Waals surface area contributed by atoms with Crippen LogP contribution in [0.1, 0.15) is 17.0 Å². The summed E-state index contributed by atoms with van der Waals surface area (Å²) in [5, 5.41) is 0. The second kappa shape index (κ2) is 3.17. The Hall–Kier alpha value is -1.79. The number of rotatable bonds is 1. The molecule has 70 valence electrons. The third-order valence-electron chi connectivity index (χ3n) is 2.29. The summed E-state index contributed by atoms with van der Waals surface area (Å²) in [6.45, 7) is 2.48. The first-order valence-corrected chi connectivity index (χ1v) is 4.40. The molecule has 3 heteroatoms. The molecule has 14 heavy (non-hydrogen) atoms. The van der Waals surface area contributed by atoms with Crippen molar-refractivity contribution >= 4 is 5.65 Å². The smallest absolute Gasteiger partial charge is 0.138 e. The number of pyridine rings is 1. The molecule has 0 radical (unpaired) electrons. The van der Waals surface area contributed by atoms with Crippen molar-refractivity contribution in [1.29, 1.82) is 0 Å². The molecule has 0 saturated carbocycles. The summed E-state index contributed by atoms with van der Waals surface area (Å²) in [7, 11) is 0. The van der Waals surface area contributed by atoms with Gasteiger partial charge in [0.05, 0.1) is 5.69 Å². The van der Waals surface area contributed by atoms with Crippen molar-refractivity contribution in [2.75, 3.05) is 0 Å². The fraction of sp³-hybridized carbons (Fsp3) is 0.182. The molecule has 0 bridgehead atoms. The summed E-state index contributed by atoms with van der Waals surface area (Å²) in [6.07, 6.45) is 7.31. The number of aryl methyl sites for hydroxylation is 1. The Morgan fingerprint density at radius 2 is 2.36 bits per heavy atom. The standard InChI is InChI=1S/C11H11N3/c1-3-10-8(2)14-7-9(6-12)4-5-11(14)13-10/h1,4-5,7H,6,12H2,2H3. The fourth-order valence-corrected chi connectivity index (χ4v) is 1.46. The summed E-state index contributed by atoms with van der Waals surface area (Å²) >= 11 is 0. The first-order chi connectivity index (χ1) is 6.76. The maximum Gasteiger partial charge on any atom is 0.138 e. The SMILES string of the molecule is C#Cc1nc2ccc(CN)cn2c1C. The number of hydrogen-bond acceptors (Lipinski definition) is 2. The van der Waals surface area contributed by atoms with Crippen molar-refractivity contribution in [3.05, 3.63) is 35.3 Å². The molecule has 2 aromatic heterocycles. The molecule has 2 rings (SSSR count). The molecule has 0 unspecified atom stereocenters. The van der Waals surface area contributed by atoms with E-state index >= 15 is 0 Å². The van der Waals surface area contributed by atoms with E-state index in [1.54, 1.807) is 0 Å². The van der Waals surface area contributed by atoms with Crippen molar-refractivity contribution in [2.24, 2.45) is 5.73 Å². The van der Waals surface area contributed by atoms with Gasteiger partial charge in [0.15, 0.2) is 0 Å². The van der Waals surface area contributed by atoms with Crippen molar-refractivity contribution in [3.8, 4) is 12.3 Å². The molecule has 0 aliphatic heterocycles. The maximum absolute atomic E-state index is 5.56. The van der Waals surface area contributed by atoms with Crippen LogP contribution in [0.2, 0.25) is 0 Å². The van der Waals surface area contributed by atoms with Gasteiger partial charge in [-0.15, -0.1) is 6.42 Å². The lowest BCUT2D eigenvalue weighted by atomic mass is 10.3. The highest BCUT2D eigenvalue weighted by Crippen LogP contribution is 2.12. The van der Waals surface area contributed by atoms with Crippen LogP contribution in [0.15, 0.2) is 18.3 Å². The lowest BCUT2D eigenvalue weighted by Crippen LogP contribution is -1.98. The van der Waals surface area contributed by atoms with Crippen molar-refractivity contribution in [2.45, 2.75) is 13.5 Å². The zero-order valence-electron chi connectivity index (χ0n) is 7.99. The van der Waals surface area contributed by atoms with Crippen molar-refractivity contribution in [3.63, 3.8) is 0 Å². The first kappa shape index (κ1) is 8.79. The quantitative estimate of drug-likeness (QED) is 0.676. The molecule has 0 amide bonds. The number of hydrogen-bond donors (Lipinski definition) is 1. The van der Waals surface area contributed by atoms with Crippen LogP contribution in [0, 0.1) is 19.3 Å². The monoisotopic (exact) mass is 185 g/mol. The third kappa shape index (κ3) is 1.17. The molecular formula is C11H11N3. The zero-order valence-corrected chi connectivity index (χ0v) is 7.99. The second-order valence-electron chi connectivity index (χ2n) is 3.16. The molecule has 0 atom stereocenters. The van der Waals surface area contributed by atoms with Crippen LogP contribution in [0.5, 0.6) is 0 Å². The van der Waals surface area contributed by atoms with E-state index in [4.69, 9.17) is 12.2 Å². The van der Waals surface area contributed by atoms with Crippen LogP contribution in [-0.2, 0) is 6.54 Å². The highest BCUT2D eigenvalue weighted by atomic mass is 15.0. The molecule has 0 saturated heterocycles. The van der Waals surface area contributed by atoms with E-state index in [0.29, 0.717) is 12.2 Å². The predicted octanol–water partition coefficient (Wildman–Crippen LogP) is 1.08. The van der Waals surface area contributed by atoms with Crippen molar-refractivity contribution in [1.82, 2.24) is 9.38 Å². The van der Waals surface area contributed by atoms with Crippen LogP contribution in [0.3, 0.4) is 0 Å². The van der Waals surface area contributed by atoms with E-state index in [9.17, 15) is 0 Å². The van der Waals surface area contributed by atoms with Crippen LogP contribution >= 0.6 is 0 Å². The van der Waals surface area contributed by atoms with E-state index in [1.807, 2.05) is 29.7 Å². The number of imidazole rings is 1. The van der Waals surface area contributed by atoms with Crippen LogP contribution in [0.25, 0.3) is 5.65 Å². The van der Waals surface area contributed by atoms with E-state index in [1.165, 1.54) is 0 Å². The number of nitrogens with two attached hydrogens (primary N) is 1. The maximum atomic E-state index is 5.56. The third-order valence-corrected chi connectivity index (χ3v) is 2.29. The van der Waals surface area contributed by atoms with E-state index < -0.39 is 0 Å². The highest BCUT2D eigenvalue weighted by molar-refractivity contribution is 5.48. The minimum atomic E-state index is 0.527. The van der Waals surface area contributed by atoms with E-state index in [2.05, 4.69) is 10.9 Å². The largest absolute Gasteiger partial charge is 0.326 e. The van der Waals surface area contributed by atoms with Gasteiger partial charge in [-0.1, -0.05) is 6.07 Å². The minimum absolute atomic E-state index is 0.527. The van der Waals surface area contributed by atoms with Gasteiger partial charge >= 0.3 is 0 Å². The summed E-state index contributed by atoms with van der Waals surface area (Å²) in [6, 6.07) is 3.89. The summed E-state index contributed by atoms with van der Waals surface area (Å²) in [5.41, 5.74) is 9.17. The van der Waals surface area contributed by atoms with Gasteiger partial charge in [-0.25, -0.2) is 4.98 Å². The van der Waals surface area contributed by atoms with Crippen LogP contribution in [-0.4, -0.2) is 9.38 Å². The average Bonchev–Trinajstić information content (AvgIpc) is 2.55. The molecule has 0 aliphatic carbocycles. The lowest BCUT2D eigenvalue weighted by Gasteiger charge is -1.99. The Balaban J connectivity index is 2.76. The van der Waals surface area contributed by atoms with E-state index in [-0.39, 0.29) is 0 Å². The Bertz CT molecular complexity index is 517.